The van der Waals surface area contributed by atoms with E-state index in [9.17, 15) is 4.79 Å². The molecule has 0 aliphatic heterocycles. The van der Waals surface area contributed by atoms with Crippen molar-refractivity contribution >= 4 is 29.0 Å². The first-order valence-corrected chi connectivity index (χ1v) is 10.7. The van der Waals surface area contributed by atoms with Gasteiger partial charge in [0.2, 0.25) is 5.91 Å². The third-order valence-electron chi connectivity index (χ3n) is 4.59. The van der Waals surface area contributed by atoms with Crippen molar-refractivity contribution in [2.75, 3.05) is 22.5 Å². The molecule has 0 saturated heterocycles. The summed E-state index contributed by atoms with van der Waals surface area (Å²) in [6.07, 6.45) is 0. The van der Waals surface area contributed by atoms with Crippen molar-refractivity contribution in [3.05, 3.63) is 60.4 Å². The summed E-state index contributed by atoms with van der Waals surface area (Å²) in [7, 11) is 0. The van der Waals surface area contributed by atoms with Crippen LogP contribution in [-0.4, -0.2) is 39.0 Å². The summed E-state index contributed by atoms with van der Waals surface area (Å²) in [5, 5.41) is 12.0. The molecule has 3 aromatic rings. The first-order valence-electron chi connectivity index (χ1n) is 9.76. The van der Waals surface area contributed by atoms with Crippen LogP contribution in [0.3, 0.4) is 0 Å². The Morgan fingerprint density at radius 3 is 2.41 bits per heavy atom. The average molecular weight is 410 g/mol. The summed E-state index contributed by atoms with van der Waals surface area (Å²) in [4.78, 5) is 14.7. The zero-order valence-corrected chi connectivity index (χ0v) is 18.1. The number of aromatic nitrogens is 3. The van der Waals surface area contributed by atoms with Crippen molar-refractivity contribution in [1.29, 1.82) is 0 Å². The van der Waals surface area contributed by atoms with Crippen LogP contribution in [-0.2, 0) is 4.79 Å². The third-order valence-corrected chi connectivity index (χ3v) is 5.52. The molecule has 0 atom stereocenters. The number of nitrogens with zero attached hydrogens (tertiary/aromatic N) is 4. The topological polar surface area (TPSA) is 63.1 Å². The Morgan fingerprint density at radius 1 is 1.10 bits per heavy atom. The molecule has 152 valence electrons. The molecule has 1 amide bonds. The summed E-state index contributed by atoms with van der Waals surface area (Å²) in [6, 6.07) is 18.3. The lowest BCUT2D eigenvalue weighted by Crippen LogP contribution is -2.30. The van der Waals surface area contributed by atoms with Gasteiger partial charge in [-0.25, -0.2) is 0 Å². The van der Waals surface area contributed by atoms with E-state index in [1.165, 1.54) is 11.8 Å². The largest absolute Gasteiger partial charge is 0.369 e. The van der Waals surface area contributed by atoms with E-state index in [2.05, 4.69) is 41.2 Å². The molecule has 0 unspecified atom stereocenters. The number of hydrogen-bond acceptors (Lipinski definition) is 5. The number of carbonyl (C=O) groups is 1. The highest BCUT2D eigenvalue weighted by Crippen LogP contribution is 2.23. The molecule has 6 nitrogen and oxygen atoms in total. The molecule has 3 rings (SSSR count). The summed E-state index contributed by atoms with van der Waals surface area (Å²) < 4.78 is 1.96. The van der Waals surface area contributed by atoms with Crippen LogP contribution in [0.4, 0.5) is 11.4 Å². The van der Waals surface area contributed by atoms with Crippen LogP contribution in [0.1, 0.15) is 26.6 Å². The van der Waals surface area contributed by atoms with Gasteiger partial charge in [-0.05, 0) is 64.1 Å². The van der Waals surface area contributed by atoms with Crippen molar-refractivity contribution in [1.82, 2.24) is 14.8 Å². The van der Waals surface area contributed by atoms with Gasteiger partial charge in [0.05, 0.1) is 5.75 Å². The second-order valence-corrected chi connectivity index (χ2v) is 7.91. The quantitative estimate of drug-likeness (QED) is 0.553. The SMILES string of the molecule is CCN(c1ccc(NC(=O)CSc2nnc(C)n2-c2ccccc2)cc1)C(C)C. The lowest BCUT2D eigenvalue weighted by atomic mass is 10.2. The average Bonchev–Trinajstić information content (AvgIpc) is 3.09. The van der Waals surface area contributed by atoms with Crippen LogP contribution in [0.25, 0.3) is 5.69 Å². The highest BCUT2D eigenvalue weighted by atomic mass is 32.2. The number of amides is 1. The Balaban J connectivity index is 1.61. The Morgan fingerprint density at radius 2 is 1.79 bits per heavy atom. The minimum Gasteiger partial charge on any atom is -0.369 e. The van der Waals surface area contributed by atoms with E-state index in [1.807, 2.05) is 66.1 Å². The standard InChI is InChI=1S/C22H27N5OS/c1-5-26(16(2)3)19-13-11-18(12-14-19)23-21(28)15-29-22-25-24-17(4)27(22)20-9-7-6-8-10-20/h6-14,16H,5,15H2,1-4H3,(H,23,28). The highest BCUT2D eigenvalue weighted by Gasteiger charge is 2.14. The Bertz CT molecular complexity index is 938. The Hall–Kier alpha value is -2.80. The maximum atomic E-state index is 12.4. The minimum absolute atomic E-state index is 0.0702. The van der Waals surface area contributed by atoms with Gasteiger partial charge < -0.3 is 10.2 Å². The fourth-order valence-corrected chi connectivity index (χ4v) is 4.02. The number of nitrogens with one attached hydrogen (secondary N) is 1. The van der Waals surface area contributed by atoms with E-state index in [-0.39, 0.29) is 11.7 Å². The molecule has 1 heterocycles. The van der Waals surface area contributed by atoms with Gasteiger partial charge in [0.1, 0.15) is 5.82 Å². The first-order chi connectivity index (χ1) is 14.0. The molecule has 0 spiro atoms. The molecule has 1 aromatic heterocycles. The zero-order chi connectivity index (χ0) is 20.8. The molecule has 0 bridgehead atoms. The van der Waals surface area contributed by atoms with Gasteiger partial charge in [-0.2, -0.15) is 0 Å². The molecule has 0 fully saturated rings. The number of thioether (sulfide) groups is 1. The van der Waals surface area contributed by atoms with Crippen molar-refractivity contribution in [2.24, 2.45) is 0 Å². The number of rotatable bonds is 8. The summed E-state index contributed by atoms with van der Waals surface area (Å²) in [5.41, 5.74) is 2.93. The lowest BCUT2D eigenvalue weighted by molar-refractivity contribution is -0.113. The molecule has 29 heavy (non-hydrogen) atoms. The number of hydrogen-bond donors (Lipinski definition) is 1. The molecular formula is C22H27N5OS. The predicted molar refractivity (Wildman–Crippen MR) is 120 cm³/mol. The van der Waals surface area contributed by atoms with Crippen LogP contribution in [0, 0.1) is 6.92 Å². The van der Waals surface area contributed by atoms with Crippen LogP contribution in [0.5, 0.6) is 0 Å². The van der Waals surface area contributed by atoms with Gasteiger partial charge >= 0.3 is 0 Å². The van der Waals surface area contributed by atoms with Crippen LogP contribution >= 0.6 is 11.8 Å². The van der Waals surface area contributed by atoms with Crippen LogP contribution in [0.2, 0.25) is 0 Å². The lowest BCUT2D eigenvalue weighted by Gasteiger charge is -2.27. The van der Waals surface area contributed by atoms with Crippen molar-refractivity contribution in [3.8, 4) is 5.69 Å². The van der Waals surface area contributed by atoms with E-state index in [1.54, 1.807) is 0 Å². The van der Waals surface area contributed by atoms with E-state index in [0.29, 0.717) is 11.2 Å². The van der Waals surface area contributed by atoms with E-state index < -0.39 is 0 Å². The number of aryl methyl sites for hydroxylation is 1. The summed E-state index contributed by atoms with van der Waals surface area (Å²) in [5.74, 6) is 0.985. The molecule has 0 radical (unpaired) electrons. The number of carbonyl (C=O) groups excluding carboxylic acids is 1. The van der Waals surface area contributed by atoms with Gasteiger partial charge in [0.25, 0.3) is 0 Å². The van der Waals surface area contributed by atoms with Gasteiger partial charge in [0, 0.05) is 29.6 Å². The monoisotopic (exact) mass is 409 g/mol. The zero-order valence-electron chi connectivity index (χ0n) is 17.3. The molecule has 0 saturated carbocycles. The number of anilines is 2. The molecule has 7 heteroatoms. The molecule has 0 aliphatic carbocycles. The van der Waals surface area contributed by atoms with Gasteiger partial charge in [-0.3, -0.25) is 9.36 Å². The Labute approximate surface area is 176 Å². The highest BCUT2D eigenvalue weighted by molar-refractivity contribution is 7.99. The maximum Gasteiger partial charge on any atom is 0.234 e. The summed E-state index contributed by atoms with van der Waals surface area (Å²) in [6.45, 7) is 9.34. The Kier molecular flexibility index (Phi) is 6.93. The van der Waals surface area contributed by atoms with E-state index >= 15 is 0 Å². The van der Waals surface area contributed by atoms with Gasteiger partial charge in [0.15, 0.2) is 5.16 Å². The first kappa shape index (κ1) is 20.9. The van der Waals surface area contributed by atoms with E-state index in [0.717, 1.165) is 29.4 Å². The third kappa shape index (κ3) is 5.17. The van der Waals surface area contributed by atoms with E-state index in [4.69, 9.17) is 0 Å². The second-order valence-electron chi connectivity index (χ2n) is 6.96. The smallest absolute Gasteiger partial charge is 0.234 e. The molecular weight excluding hydrogens is 382 g/mol. The molecule has 1 N–H and O–H groups in total. The van der Waals surface area contributed by atoms with Gasteiger partial charge in [-0.15, -0.1) is 10.2 Å². The predicted octanol–water partition coefficient (Wildman–Crippen LogP) is 4.54. The second kappa shape index (κ2) is 9.60. The van der Waals surface area contributed by atoms with Crippen molar-refractivity contribution in [2.45, 2.75) is 38.9 Å². The summed E-state index contributed by atoms with van der Waals surface area (Å²) >= 11 is 1.37. The van der Waals surface area contributed by atoms with Gasteiger partial charge in [-0.1, -0.05) is 30.0 Å². The molecule has 0 aliphatic rings. The van der Waals surface area contributed by atoms with Crippen molar-refractivity contribution < 1.29 is 4.79 Å². The van der Waals surface area contributed by atoms with Crippen LogP contribution in [0.15, 0.2) is 59.8 Å². The number of benzene rings is 2. The maximum absolute atomic E-state index is 12.4. The van der Waals surface area contributed by atoms with Crippen molar-refractivity contribution in [3.63, 3.8) is 0 Å². The fraction of sp³-hybridized carbons (Fsp3) is 0.318. The normalized spacial score (nSPS) is 10.9. The molecule has 2 aromatic carbocycles. The minimum atomic E-state index is -0.0702. The number of para-hydroxylation sites is 1. The van der Waals surface area contributed by atoms with Crippen LogP contribution < -0.4 is 10.2 Å². The fourth-order valence-electron chi connectivity index (χ4n) is 3.22.